The van der Waals surface area contributed by atoms with Crippen molar-refractivity contribution in [1.29, 1.82) is 0 Å². The van der Waals surface area contributed by atoms with Crippen molar-refractivity contribution in [3.8, 4) is 0 Å². The lowest BCUT2D eigenvalue weighted by atomic mass is 10.2. The van der Waals surface area contributed by atoms with Crippen LogP contribution < -0.4 is 5.73 Å². The van der Waals surface area contributed by atoms with Gasteiger partial charge >= 0.3 is 0 Å². The molecule has 0 saturated carbocycles. The Hall–Kier alpha value is -1.38. The second kappa shape index (κ2) is 5.30. The zero-order valence-corrected chi connectivity index (χ0v) is 7.90. The van der Waals surface area contributed by atoms with Crippen LogP contribution in [-0.4, -0.2) is 17.4 Å². The quantitative estimate of drug-likeness (QED) is 0.558. The molecule has 1 aromatic rings. The molecule has 3 heteroatoms. The van der Waals surface area contributed by atoms with Crippen LogP contribution in [0.15, 0.2) is 29.5 Å². The maximum absolute atomic E-state index is 5.57. The number of pyridine rings is 1. The maximum atomic E-state index is 5.57. The van der Waals surface area contributed by atoms with Gasteiger partial charge in [-0.15, -0.1) is 0 Å². The molecular weight excluding hydrogens is 162 g/mol. The normalized spacial score (nSPS) is 11.6. The van der Waals surface area contributed by atoms with Crippen LogP contribution in [-0.2, 0) is 6.42 Å². The molecule has 0 radical (unpaired) electrons. The highest BCUT2D eigenvalue weighted by Gasteiger charge is 1.90. The third-order valence-corrected chi connectivity index (χ3v) is 1.83. The van der Waals surface area contributed by atoms with Gasteiger partial charge in [0.15, 0.2) is 0 Å². The Kier molecular flexibility index (Phi) is 3.96. The SMILES string of the molecule is CCC(N)=NCCc1ccncc1. The summed E-state index contributed by atoms with van der Waals surface area (Å²) in [7, 11) is 0. The molecule has 0 saturated heterocycles. The molecule has 0 aromatic carbocycles. The predicted molar refractivity (Wildman–Crippen MR) is 54.7 cm³/mol. The van der Waals surface area contributed by atoms with Crippen LogP contribution in [0.2, 0.25) is 0 Å². The molecule has 0 atom stereocenters. The molecule has 0 spiro atoms. The lowest BCUT2D eigenvalue weighted by molar-refractivity contribution is 0.952. The van der Waals surface area contributed by atoms with Gasteiger partial charge in [-0.25, -0.2) is 0 Å². The Labute approximate surface area is 78.7 Å². The third-order valence-electron chi connectivity index (χ3n) is 1.83. The monoisotopic (exact) mass is 177 g/mol. The number of aromatic nitrogens is 1. The van der Waals surface area contributed by atoms with Crippen LogP contribution >= 0.6 is 0 Å². The van der Waals surface area contributed by atoms with E-state index in [9.17, 15) is 0 Å². The summed E-state index contributed by atoms with van der Waals surface area (Å²) in [6, 6.07) is 4.00. The van der Waals surface area contributed by atoms with Gasteiger partial charge < -0.3 is 5.73 Å². The molecule has 70 valence electrons. The lowest BCUT2D eigenvalue weighted by Crippen LogP contribution is -2.10. The molecule has 1 rings (SSSR count). The van der Waals surface area contributed by atoms with Crippen molar-refractivity contribution in [1.82, 2.24) is 4.98 Å². The highest BCUT2D eigenvalue weighted by molar-refractivity contribution is 5.79. The second-order valence-electron chi connectivity index (χ2n) is 2.83. The van der Waals surface area contributed by atoms with Crippen LogP contribution in [0.1, 0.15) is 18.9 Å². The zero-order valence-electron chi connectivity index (χ0n) is 7.90. The summed E-state index contributed by atoms with van der Waals surface area (Å²) in [5.74, 6) is 0.731. The summed E-state index contributed by atoms with van der Waals surface area (Å²) in [6.45, 7) is 2.77. The summed E-state index contributed by atoms with van der Waals surface area (Å²) in [5.41, 5.74) is 6.83. The number of rotatable bonds is 4. The van der Waals surface area contributed by atoms with Crippen LogP contribution in [0.25, 0.3) is 0 Å². The van der Waals surface area contributed by atoms with Crippen molar-refractivity contribution >= 4 is 5.84 Å². The minimum atomic E-state index is 0.731. The topological polar surface area (TPSA) is 51.3 Å². The molecule has 1 aromatic heterocycles. The van der Waals surface area contributed by atoms with E-state index in [1.54, 1.807) is 12.4 Å². The van der Waals surface area contributed by atoms with Gasteiger partial charge in [-0.2, -0.15) is 0 Å². The molecule has 0 aliphatic rings. The Bertz CT molecular complexity index is 267. The first-order valence-electron chi connectivity index (χ1n) is 4.50. The highest BCUT2D eigenvalue weighted by atomic mass is 14.8. The van der Waals surface area contributed by atoms with Gasteiger partial charge in [-0.05, 0) is 24.1 Å². The number of amidine groups is 1. The van der Waals surface area contributed by atoms with Crippen LogP contribution in [0, 0.1) is 0 Å². The van der Waals surface area contributed by atoms with Gasteiger partial charge in [0.25, 0.3) is 0 Å². The Morgan fingerprint density at radius 2 is 2.15 bits per heavy atom. The Morgan fingerprint density at radius 1 is 1.46 bits per heavy atom. The van der Waals surface area contributed by atoms with Gasteiger partial charge in [0, 0.05) is 25.4 Å². The summed E-state index contributed by atoms with van der Waals surface area (Å²) in [4.78, 5) is 8.16. The van der Waals surface area contributed by atoms with Gasteiger partial charge in [0.05, 0.1) is 5.84 Å². The third kappa shape index (κ3) is 3.69. The largest absolute Gasteiger partial charge is 0.387 e. The average Bonchev–Trinajstić information content (AvgIpc) is 2.19. The van der Waals surface area contributed by atoms with E-state index in [4.69, 9.17) is 5.73 Å². The number of aliphatic imine (C=N–C) groups is 1. The van der Waals surface area contributed by atoms with E-state index in [1.165, 1.54) is 5.56 Å². The van der Waals surface area contributed by atoms with E-state index in [2.05, 4.69) is 9.98 Å². The molecule has 0 unspecified atom stereocenters. The maximum Gasteiger partial charge on any atom is 0.0934 e. The summed E-state index contributed by atoms with van der Waals surface area (Å²) in [5, 5.41) is 0. The van der Waals surface area contributed by atoms with Crippen molar-refractivity contribution in [2.24, 2.45) is 10.7 Å². The summed E-state index contributed by atoms with van der Waals surface area (Å²) in [6.07, 6.45) is 5.35. The van der Waals surface area contributed by atoms with Gasteiger partial charge in [-0.1, -0.05) is 6.92 Å². The number of nitrogens with zero attached hydrogens (tertiary/aromatic N) is 2. The highest BCUT2D eigenvalue weighted by Crippen LogP contribution is 1.97. The van der Waals surface area contributed by atoms with Crippen LogP contribution in [0.5, 0.6) is 0 Å². The second-order valence-corrected chi connectivity index (χ2v) is 2.83. The minimum Gasteiger partial charge on any atom is -0.387 e. The predicted octanol–water partition coefficient (Wildman–Crippen LogP) is 1.39. The molecule has 0 amide bonds. The molecular formula is C10H15N3. The van der Waals surface area contributed by atoms with Gasteiger partial charge in [0.2, 0.25) is 0 Å². The molecule has 0 aliphatic heterocycles. The number of hydrogen-bond donors (Lipinski definition) is 1. The summed E-state index contributed by atoms with van der Waals surface area (Å²) < 4.78 is 0. The number of nitrogens with two attached hydrogens (primary N) is 1. The van der Waals surface area contributed by atoms with Crippen molar-refractivity contribution < 1.29 is 0 Å². The standard InChI is InChI=1S/C10H15N3/c1-2-10(11)13-8-5-9-3-6-12-7-4-9/h3-4,6-7H,2,5,8H2,1H3,(H2,11,13). The molecule has 0 fully saturated rings. The van der Waals surface area contributed by atoms with E-state index in [-0.39, 0.29) is 0 Å². The van der Waals surface area contributed by atoms with Gasteiger partial charge in [-0.3, -0.25) is 9.98 Å². The first kappa shape index (κ1) is 9.71. The van der Waals surface area contributed by atoms with E-state index >= 15 is 0 Å². The molecule has 13 heavy (non-hydrogen) atoms. The fourth-order valence-corrected chi connectivity index (χ4v) is 0.990. The minimum absolute atomic E-state index is 0.731. The smallest absolute Gasteiger partial charge is 0.0934 e. The van der Waals surface area contributed by atoms with Crippen molar-refractivity contribution in [2.45, 2.75) is 19.8 Å². The first-order valence-corrected chi connectivity index (χ1v) is 4.50. The van der Waals surface area contributed by atoms with Crippen molar-refractivity contribution in [3.05, 3.63) is 30.1 Å². The zero-order chi connectivity index (χ0) is 9.52. The average molecular weight is 177 g/mol. The molecule has 3 nitrogen and oxygen atoms in total. The summed E-state index contributed by atoms with van der Waals surface area (Å²) >= 11 is 0. The van der Waals surface area contributed by atoms with Crippen molar-refractivity contribution in [3.63, 3.8) is 0 Å². The molecule has 0 aliphatic carbocycles. The fraction of sp³-hybridized carbons (Fsp3) is 0.400. The van der Waals surface area contributed by atoms with Crippen LogP contribution in [0.4, 0.5) is 0 Å². The van der Waals surface area contributed by atoms with Gasteiger partial charge in [0.1, 0.15) is 0 Å². The van der Waals surface area contributed by atoms with Crippen molar-refractivity contribution in [2.75, 3.05) is 6.54 Å². The Morgan fingerprint density at radius 3 is 2.77 bits per heavy atom. The fourth-order valence-electron chi connectivity index (χ4n) is 0.990. The van der Waals surface area contributed by atoms with E-state index in [0.29, 0.717) is 0 Å². The number of hydrogen-bond acceptors (Lipinski definition) is 2. The van der Waals surface area contributed by atoms with Crippen LogP contribution in [0.3, 0.4) is 0 Å². The van der Waals surface area contributed by atoms with E-state index in [1.807, 2.05) is 19.1 Å². The van der Waals surface area contributed by atoms with E-state index in [0.717, 1.165) is 25.2 Å². The van der Waals surface area contributed by atoms with E-state index < -0.39 is 0 Å². The molecule has 2 N–H and O–H groups in total. The lowest BCUT2D eigenvalue weighted by Gasteiger charge is -1.98. The first-order chi connectivity index (χ1) is 6.33. The molecule has 0 bridgehead atoms. The molecule has 1 heterocycles. The Balaban J connectivity index is 2.36.